The molecule has 0 radical (unpaired) electrons. The topological polar surface area (TPSA) is 84.1 Å². The number of amides is 1. The molecule has 2 aromatic rings. The number of hydrogen-bond donors (Lipinski definition) is 2. The van der Waals surface area contributed by atoms with Gasteiger partial charge in [-0.1, -0.05) is 26.0 Å². The van der Waals surface area contributed by atoms with Gasteiger partial charge in [-0.25, -0.2) is 5.10 Å². The Morgan fingerprint density at radius 1 is 1.32 bits per heavy atom. The summed E-state index contributed by atoms with van der Waals surface area (Å²) in [5.74, 6) is 0.831. The average molecular weight is 301 g/mol. The fraction of sp³-hybridized carbons (Fsp3) is 0.312. The first-order valence-corrected chi connectivity index (χ1v) is 7.02. The fourth-order valence-corrected chi connectivity index (χ4v) is 2.09. The van der Waals surface area contributed by atoms with Crippen LogP contribution in [0.2, 0.25) is 0 Å². The third-order valence-corrected chi connectivity index (χ3v) is 3.28. The van der Waals surface area contributed by atoms with Crippen molar-refractivity contribution in [2.24, 2.45) is 0 Å². The number of H-pyrrole nitrogens is 1. The zero-order chi connectivity index (χ0) is 16.1. The molecule has 0 spiro atoms. The first kappa shape index (κ1) is 15.8. The molecule has 0 unspecified atom stereocenters. The summed E-state index contributed by atoms with van der Waals surface area (Å²) in [4.78, 5) is 22.9. The van der Waals surface area contributed by atoms with Crippen molar-refractivity contribution < 1.29 is 9.53 Å². The number of nitrogens with one attached hydrogen (secondary N) is 2. The van der Waals surface area contributed by atoms with Gasteiger partial charge in [-0.15, -0.1) is 0 Å². The van der Waals surface area contributed by atoms with Crippen LogP contribution in [-0.2, 0) is 6.54 Å². The van der Waals surface area contributed by atoms with Crippen LogP contribution < -0.4 is 15.6 Å². The van der Waals surface area contributed by atoms with E-state index in [0.717, 1.165) is 16.9 Å². The van der Waals surface area contributed by atoms with E-state index in [9.17, 15) is 9.59 Å². The smallest absolute Gasteiger partial charge is 0.271 e. The van der Waals surface area contributed by atoms with E-state index in [1.807, 2.05) is 18.2 Å². The standard InChI is InChI=1S/C16H19N3O3/c1-10(2)12-8-11(4-6-14(12)22-3)9-17-16(21)13-5-7-15(20)19-18-13/h4-8,10H,9H2,1-3H3,(H,17,21)(H,19,20). The second-order valence-corrected chi connectivity index (χ2v) is 5.22. The number of ether oxygens (including phenoxy) is 1. The molecule has 22 heavy (non-hydrogen) atoms. The number of hydrogen-bond acceptors (Lipinski definition) is 4. The van der Waals surface area contributed by atoms with Gasteiger partial charge in [0.15, 0.2) is 0 Å². The van der Waals surface area contributed by atoms with Gasteiger partial charge < -0.3 is 10.1 Å². The molecule has 2 N–H and O–H groups in total. The van der Waals surface area contributed by atoms with E-state index < -0.39 is 0 Å². The summed E-state index contributed by atoms with van der Waals surface area (Å²) >= 11 is 0. The van der Waals surface area contributed by atoms with Crippen molar-refractivity contribution >= 4 is 5.91 Å². The van der Waals surface area contributed by atoms with E-state index in [-0.39, 0.29) is 17.2 Å². The van der Waals surface area contributed by atoms with Crippen LogP contribution >= 0.6 is 0 Å². The number of carbonyl (C=O) groups excluding carboxylic acids is 1. The highest BCUT2D eigenvalue weighted by Crippen LogP contribution is 2.27. The summed E-state index contributed by atoms with van der Waals surface area (Å²) in [6.45, 7) is 4.55. The highest BCUT2D eigenvalue weighted by Gasteiger charge is 2.10. The Morgan fingerprint density at radius 2 is 2.09 bits per heavy atom. The molecule has 116 valence electrons. The number of methoxy groups -OCH3 is 1. The van der Waals surface area contributed by atoms with Crippen LogP contribution in [-0.4, -0.2) is 23.2 Å². The lowest BCUT2D eigenvalue weighted by Crippen LogP contribution is -2.25. The van der Waals surface area contributed by atoms with Crippen LogP contribution in [0.3, 0.4) is 0 Å². The predicted octanol–water partition coefficient (Wildman–Crippen LogP) is 1.83. The maximum atomic E-state index is 12.0. The van der Waals surface area contributed by atoms with E-state index >= 15 is 0 Å². The molecule has 1 amide bonds. The Kier molecular flexibility index (Phi) is 4.93. The molecule has 0 fully saturated rings. The Hall–Kier alpha value is -2.63. The number of aromatic amines is 1. The number of aromatic nitrogens is 2. The lowest BCUT2D eigenvalue weighted by Gasteiger charge is -2.14. The second-order valence-electron chi connectivity index (χ2n) is 5.22. The van der Waals surface area contributed by atoms with Crippen LogP contribution in [0.15, 0.2) is 35.1 Å². The lowest BCUT2D eigenvalue weighted by atomic mass is 9.99. The molecule has 6 heteroatoms. The molecular formula is C16H19N3O3. The van der Waals surface area contributed by atoms with Crippen molar-refractivity contribution in [3.05, 3.63) is 57.5 Å². The normalized spacial score (nSPS) is 10.5. The van der Waals surface area contributed by atoms with E-state index in [4.69, 9.17) is 4.74 Å². The highest BCUT2D eigenvalue weighted by molar-refractivity contribution is 5.91. The van der Waals surface area contributed by atoms with Gasteiger partial charge >= 0.3 is 0 Å². The monoisotopic (exact) mass is 301 g/mol. The molecular weight excluding hydrogens is 282 g/mol. The van der Waals surface area contributed by atoms with Crippen LogP contribution in [0.1, 0.15) is 41.4 Å². The van der Waals surface area contributed by atoms with Gasteiger partial charge in [0.2, 0.25) is 0 Å². The summed E-state index contributed by atoms with van der Waals surface area (Å²) < 4.78 is 5.34. The van der Waals surface area contributed by atoms with Gasteiger partial charge in [-0.3, -0.25) is 9.59 Å². The zero-order valence-corrected chi connectivity index (χ0v) is 12.8. The van der Waals surface area contributed by atoms with Gasteiger partial charge in [0.25, 0.3) is 11.5 Å². The van der Waals surface area contributed by atoms with Gasteiger partial charge in [0, 0.05) is 12.6 Å². The number of benzene rings is 1. The summed E-state index contributed by atoms with van der Waals surface area (Å²) in [5.41, 5.74) is 1.91. The van der Waals surface area contributed by atoms with Crippen molar-refractivity contribution in [3.63, 3.8) is 0 Å². The zero-order valence-electron chi connectivity index (χ0n) is 12.8. The average Bonchev–Trinajstić information content (AvgIpc) is 2.53. The van der Waals surface area contributed by atoms with Crippen LogP contribution in [0.5, 0.6) is 5.75 Å². The fourth-order valence-electron chi connectivity index (χ4n) is 2.09. The third kappa shape index (κ3) is 3.72. The molecule has 0 aliphatic carbocycles. The Morgan fingerprint density at radius 3 is 2.68 bits per heavy atom. The van der Waals surface area contributed by atoms with E-state index in [1.165, 1.54) is 12.1 Å². The van der Waals surface area contributed by atoms with Crippen LogP contribution in [0, 0.1) is 0 Å². The maximum Gasteiger partial charge on any atom is 0.271 e. The van der Waals surface area contributed by atoms with E-state index in [1.54, 1.807) is 7.11 Å². The largest absolute Gasteiger partial charge is 0.496 e. The first-order chi connectivity index (χ1) is 10.5. The Balaban J connectivity index is 2.08. The molecule has 0 aliphatic rings. The van der Waals surface area contributed by atoms with Crippen molar-refractivity contribution in [1.82, 2.24) is 15.5 Å². The molecule has 2 rings (SSSR count). The number of nitrogens with zero attached hydrogens (tertiary/aromatic N) is 1. The quantitative estimate of drug-likeness (QED) is 0.882. The number of rotatable bonds is 5. The van der Waals surface area contributed by atoms with Crippen molar-refractivity contribution in [2.45, 2.75) is 26.3 Å². The molecule has 0 atom stereocenters. The molecule has 0 saturated carbocycles. The van der Waals surface area contributed by atoms with E-state index in [0.29, 0.717) is 12.5 Å². The van der Waals surface area contributed by atoms with E-state index in [2.05, 4.69) is 29.4 Å². The van der Waals surface area contributed by atoms with Crippen molar-refractivity contribution in [1.29, 1.82) is 0 Å². The molecule has 0 saturated heterocycles. The molecule has 0 bridgehead atoms. The molecule has 1 heterocycles. The van der Waals surface area contributed by atoms with Crippen LogP contribution in [0.25, 0.3) is 0 Å². The number of carbonyl (C=O) groups is 1. The van der Waals surface area contributed by atoms with Gasteiger partial charge in [0.1, 0.15) is 11.4 Å². The summed E-state index contributed by atoms with van der Waals surface area (Å²) in [6, 6.07) is 8.48. The predicted molar refractivity (Wildman–Crippen MR) is 83.1 cm³/mol. The van der Waals surface area contributed by atoms with Gasteiger partial charge in [0.05, 0.1) is 7.11 Å². The van der Waals surface area contributed by atoms with Gasteiger partial charge in [-0.2, -0.15) is 5.10 Å². The minimum absolute atomic E-state index is 0.178. The third-order valence-electron chi connectivity index (χ3n) is 3.28. The van der Waals surface area contributed by atoms with Crippen LogP contribution in [0.4, 0.5) is 0 Å². The summed E-state index contributed by atoms with van der Waals surface area (Å²) in [5, 5.41) is 8.70. The van der Waals surface area contributed by atoms with Crippen molar-refractivity contribution in [2.75, 3.05) is 7.11 Å². The first-order valence-electron chi connectivity index (χ1n) is 7.02. The second kappa shape index (κ2) is 6.89. The summed E-state index contributed by atoms with van der Waals surface area (Å²) in [6.07, 6.45) is 0. The molecule has 1 aromatic heterocycles. The highest BCUT2D eigenvalue weighted by atomic mass is 16.5. The maximum absolute atomic E-state index is 12.0. The Labute approximate surface area is 128 Å². The summed E-state index contributed by atoms with van der Waals surface area (Å²) in [7, 11) is 1.64. The SMILES string of the molecule is COc1ccc(CNC(=O)c2ccc(=O)[nH]n2)cc1C(C)C. The minimum Gasteiger partial charge on any atom is -0.496 e. The molecule has 6 nitrogen and oxygen atoms in total. The minimum atomic E-state index is -0.340. The Bertz CT molecular complexity index is 702. The molecule has 0 aliphatic heterocycles. The lowest BCUT2D eigenvalue weighted by molar-refractivity contribution is 0.0945. The van der Waals surface area contributed by atoms with Crippen molar-refractivity contribution in [3.8, 4) is 5.75 Å². The van der Waals surface area contributed by atoms with Gasteiger partial charge in [-0.05, 0) is 29.2 Å². The molecule has 1 aromatic carbocycles.